The number of methoxy groups -OCH3 is 1. The van der Waals surface area contributed by atoms with Gasteiger partial charge in [-0.3, -0.25) is 0 Å². The average molecular weight is 404 g/mol. The molecule has 1 aliphatic heterocycles. The van der Waals surface area contributed by atoms with E-state index in [1.807, 2.05) is 30.3 Å². The van der Waals surface area contributed by atoms with E-state index in [2.05, 4.69) is 10.6 Å². The lowest BCUT2D eigenvalue weighted by Crippen LogP contribution is -2.48. The fourth-order valence-corrected chi connectivity index (χ4v) is 4.62. The van der Waals surface area contributed by atoms with E-state index in [-0.39, 0.29) is 17.0 Å². The number of hydrogen-bond acceptors (Lipinski definition) is 4. The first-order chi connectivity index (χ1) is 13.5. The van der Waals surface area contributed by atoms with Gasteiger partial charge in [0.05, 0.1) is 12.0 Å². The van der Waals surface area contributed by atoms with Crippen molar-refractivity contribution in [3.63, 3.8) is 0 Å². The van der Waals surface area contributed by atoms with Gasteiger partial charge in [-0.05, 0) is 42.7 Å². The molecule has 1 heterocycles. The Morgan fingerprint density at radius 2 is 1.71 bits per heavy atom. The van der Waals surface area contributed by atoms with E-state index < -0.39 is 10.0 Å². The molecule has 0 atom stereocenters. The first-order valence-electron chi connectivity index (χ1n) is 9.21. The molecule has 0 saturated carbocycles. The first kappa shape index (κ1) is 20.2. The maximum atomic E-state index is 12.8. The summed E-state index contributed by atoms with van der Waals surface area (Å²) in [6, 6.07) is 15.8. The van der Waals surface area contributed by atoms with Gasteiger partial charge in [-0.15, -0.1) is 0 Å². The summed E-state index contributed by atoms with van der Waals surface area (Å²) in [5, 5.41) is 5.76. The molecule has 2 aromatic rings. The fourth-order valence-electron chi connectivity index (χ4n) is 3.15. The molecule has 7 nitrogen and oxygen atoms in total. The van der Waals surface area contributed by atoms with Gasteiger partial charge in [0, 0.05) is 25.7 Å². The van der Waals surface area contributed by atoms with Crippen molar-refractivity contribution in [3.8, 4) is 5.75 Å². The molecule has 2 amide bonds. The second kappa shape index (κ2) is 9.07. The molecule has 2 aromatic carbocycles. The third-order valence-corrected chi connectivity index (χ3v) is 6.70. The maximum Gasteiger partial charge on any atom is 0.315 e. The van der Waals surface area contributed by atoms with Crippen molar-refractivity contribution in [2.24, 2.45) is 0 Å². The van der Waals surface area contributed by atoms with Gasteiger partial charge in [-0.25, -0.2) is 13.2 Å². The van der Waals surface area contributed by atoms with Crippen LogP contribution in [0.3, 0.4) is 0 Å². The molecular formula is C20H25N3O4S. The summed E-state index contributed by atoms with van der Waals surface area (Å²) in [6.07, 6.45) is 1.16. The number of piperidine rings is 1. The van der Waals surface area contributed by atoms with Gasteiger partial charge in [0.1, 0.15) is 5.75 Å². The van der Waals surface area contributed by atoms with E-state index in [1.165, 1.54) is 11.4 Å². The first-order valence-corrected chi connectivity index (χ1v) is 10.7. The summed E-state index contributed by atoms with van der Waals surface area (Å²) in [5.74, 6) is 0.614. The molecule has 1 aliphatic rings. The zero-order chi connectivity index (χ0) is 20.0. The molecule has 0 bridgehead atoms. The molecule has 28 heavy (non-hydrogen) atoms. The van der Waals surface area contributed by atoms with Crippen molar-refractivity contribution in [2.45, 2.75) is 30.3 Å². The highest BCUT2D eigenvalue weighted by atomic mass is 32.2. The number of sulfonamides is 1. The summed E-state index contributed by atoms with van der Waals surface area (Å²) in [5.41, 5.74) is 1.03. The second-order valence-electron chi connectivity index (χ2n) is 6.67. The Hall–Kier alpha value is -2.58. The zero-order valence-electron chi connectivity index (χ0n) is 15.8. The molecule has 0 radical (unpaired) electrons. The van der Waals surface area contributed by atoms with Crippen molar-refractivity contribution in [1.29, 1.82) is 0 Å². The number of urea groups is 1. The topological polar surface area (TPSA) is 87.7 Å². The number of carbonyl (C=O) groups excluding carboxylic acids is 1. The highest BCUT2D eigenvalue weighted by Gasteiger charge is 2.29. The number of carbonyl (C=O) groups is 1. The Balaban J connectivity index is 1.48. The van der Waals surface area contributed by atoms with Crippen molar-refractivity contribution < 1.29 is 17.9 Å². The van der Waals surface area contributed by atoms with Gasteiger partial charge in [0.2, 0.25) is 10.0 Å². The minimum atomic E-state index is -3.54. The van der Waals surface area contributed by atoms with Crippen molar-refractivity contribution in [2.75, 3.05) is 20.2 Å². The Kier molecular flexibility index (Phi) is 6.53. The monoisotopic (exact) mass is 403 g/mol. The summed E-state index contributed by atoms with van der Waals surface area (Å²) in [6.45, 7) is 1.20. The molecule has 2 N–H and O–H groups in total. The highest BCUT2D eigenvalue weighted by molar-refractivity contribution is 7.89. The lowest BCUT2D eigenvalue weighted by atomic mass is 10.1. The molecule has 150 valence electrons. The van der Waals surface area contributed by atoms with Crippen LogP contribution in [-0.2, 0) is 16.6 Å². The number of ether oxygens (including phenoxy) is 1. The zero-order valence-corrected chi connectivity index (χ0v) is 16.6. The third-order valence-electron chi connectivity index (χ3n) is 4.78. The van der Waals surface area contributed by atoms with Crippen LogP contribution in [0.4, 0.5) is 4.79 Å². The van der Waals surface area contributed by atoms with Crippen LogP contribution in [0.2, 0.25) is 0 Å². The van der Waals surface area contributed by atoms with Gasteiger partial charge in [0.15, 0.2) is 0 Å². The van der Waals surface area contributed by atoms with Crippen molar-refractivity contribution in [3.05, 3.63) is 60.2 Å². The Morgan fingerprint density at radius 1 is 1.07 bits per heavy atom. The summed E-state index contributed by atoms with van der Waals surface area (Å²) in [7, 11) is -2.00. The van der Waals surface area contributed by atoms with E-state index in [0.29, 0.717) is 38.2 Å². The minimum absolute atomic E-state index is 0.0434. The van der Waals surface area contributed by atoms with E-state index in [4.69, 9.17) is 4.74 Å². The Morgan fingerprint density at radius 3 is 2.32 bits per heavy atom. The van der Waals surface area contributed by atoms with Crippen LogP contribution < -0.4 is 15.4 Å². The van der Waals surface area contributed by atoms with Gasteiger partial charge in [0.25, 0.3) is 0 Å². The van der Waals surface area contributed by atoms with Crippen LogP contribution in [0.15, 0.2) is 59.5 Å². The van der Waals surface area contributed by atoms with Crippen LogP contribution >= 0.6 is 0 Å². The van der Waals surface area contributed by atoms with E-state index >= 15 is 0 Å². The summed E-state index contributed by atoms with van der Waals surface area (Å²) < 4.78 is 32.1. The summed E-state index contributed by atoms with van der Waals surface area (Å²) >= 11 is 0. The quantitative estimate of drug-likeness (QED) is 0.775. The molecule has 0 aromatic heterocycles. The number of nitrogens with one attached hydrogen (secondary N) is 2. The van der Waals surface area contributed by atoms with Gasteiger partial charge in [-0.2, -0.15) is 4.31 Å². The summed E-state index contributed by atoms with van der Waals surface area (Å²) in [4.78, 5) is 12.3. The lowest BCUT2D eigenvalue weighted by Gasteiger charge is -2.31. The van der Waals surface area contributed by atoms with Crippen LogP contribution in [-0.4, -0.2) is 45.0 Å². The van der Waals surface area contributed by atoms with E-state index in [9.17, 15) is 13.2 Å². The normalized spacial score (nSPS) is 15.8. The van der Waals surface area contributed by atoms with Gasteiger partial charge >= 0.3 is 6.03 Å². The van der Waals surface area contributed by atoms with E-state index in [0.717, 1.165) is 5.56 Å². The predicted octanol–water partition coefficient (Wildman–Crippen LogP) is 2.35. The molecule has 0 aliphatic carbocycles. The average Bonchev–Trinajstić information content (AvgIpc) is 2.73. The molecule has 1 fully saturated rings. The van der Waals surface area contributed by atoms with Gasteiger partial charge < -0.3 is 15.4 Å². The van der Waals surface area contributed by atoms with Crippen LogP contribution in [0, 0.1) is 0 Å². The fraction of sp³-hybridized carbons (Fsp3) is 0.350. The number of nitrogens with zero attached hydrogens (tertiary/aromatic N) is 1. The Bertz CT molecular complexity index is 877. The molecule has 0 unspecified atom stereocenters. The molecule has 1 saturated heterocycles. The lowest BCUT2D eigenvalue weighted by molar-refractivity contribution is 0.227. The number of rotatable bonds is 6. The Labute approximate surface area is 165 Å². The number of hydrogen-bond donors (Lipinski definition) is 2. The van der Waals surface area contributed by atoms with Crippen LogP contribution in [0.25, 0.3) is 0 Å². The minimum Gasteiger partial charge on any atom is -0.497 e. The molecular weight excluding hydrogens is 378 g/mol. The van der Waals surface area contributed by atoms with Crippen LogP contribution in [0.5, 0.6) is 5.75 Å². The standard InChI is InChI=1S/C20H25N3O4S/c1-27-18-7-9-19(10-8-18)28(25,26)23-13-11-17(12-14-23)22-20(24)21-15-16-5-3-2-4-6-16/h2-10,17H,11-15H2,1H3,(H2,21,22,24). The number of benzene rings is 2. The van der Waals surface area contributed by atoms with Gasteiger partial charge in [-0.1, -0.05) is 30.3 Å². The third kappa shape index (κ3) is 5.02. The maximum absolute atomic E-state index is 12.8. The highest BCUT2D eigenvalue weighted by Crippen LogP contribution is 2.22. The number of amides is 2. The molecule has 0 spiro atoms. The largest absolute Gasteiger partial charge is 0.497 e. The molecule has 8 heteroatoms. The van der Waals surface area contributed by atoms with Crippen molar-refractivity contribution in [1.82, 2.24) is 14.9 Å². The SMILES string of the molecule is COc1ccc(S(=O)(=O)N2CCC(NC(=O)NCc3ccccc3)CC2)cc1. The second-order valence-corrected chi connectivity index (χ2v) is 8.60. The van der Waals surface area contributed by atoms with E-state index in [1.54, 1.807) is 24.3 Å². The predicted molar refractivity (Wildman–Crippen MR) is 107 cm³/mol. The van der Waals surface area contributed by atoms with Crippen molar-refractivity contribution >= 4 is 16.1 Å². The molecule has 3 rings (SSSR count). The smallest absolute Gasteiger partial charge is 0.315 e. The van der Waals surface area contributed by atoms with Crippen LogP contribution in [0.1, 0.15) is 18.4 Å².